The molecule has 6 unspecified atom stereocenters. The molecule has 0 saturated carbocycles. The van der Waals surface area contributed by atoms with Gasteiger partial charge in [-0.3, -0.25) is 0 Å². The van der Waals surface area contributed by atoms with Crippen LogP contribution in [0.5, 0.6) is 0 Å². The lowest BCUT2D eigenvalue weighted by Gasteiger charge is -2.49. The summed E-state index contributed by atoms with van der Waals surface area (Å²) in [7, 11) is 0. The van der Waals surface area contributed by atoms with Gasteiger partial charge in [-0.25, -0.2) is 19.6 Å². The third-order valence-corrected chi connectivity index (χ3v) is 6.07. The highest BCUT2D eigenvalue weighted by molar-refractivity contribution is 5.34. The van der Waals surface area contributed by atoms with E-state index < -0.39 is 11.2 Å². The number of rotatable bonds is 6. The lowest BCUT2D eigenvalue weighted by atomic mass is 9.77. The summed E-state index contributed by atoms with van der Waals surface area (Å²) in [4.78, 5) is 22.0. The fourth-order valence-corrected chi connectivity index (χ4v) is 3.76. The highest BCUT2D eigenvalue weighted by Crippen LogP contribution is 2.48. The summed E-state index contributed by atoms with van der Waals surface area (Å²) in [6, 6.07) is 8.49. The van der Waals surface area contributed by atoms with Gasteiger partial charge in [-0.15, -0.1) is 0 Å². The van der Waals surface area contributed by atoms with Gasteiger partial charge in [0.15, 0.2) is 11.2 Å². The van der Waals surface area contributed by atoms with E-state index >= 15 is 0 Å². The molecule has 2 heterocycles. The van der Waals surface area contributed by atoms with Crippen molar-refractivity contribution in [3.8, 4) is 0 Å². The summed E-state index contributed by atoms with van der Waals surface area (Å²) in [5.41, 5.74) is 1.46. The van der Waals surface area contributed by atoms with E-state index in [1.165, 1.54) is 0 Å². The lowest BCUT2D eigenvalue weighted by molar-refractivity contribution is -0.524. The molecule has 0 bridgehead atoms. The molecule has 4 nitrogen and oxygen atoms in total. The first-order chi connectivity index (χ1) is 11.4. The van der Waals surface area contributed by atoms with Crippen LogP contribution in [-0.4, -0.2) is 12.2 Å². The predicted octanol–water partition coefficient (Wildman–Crippen LogP) is 4.87. The Hall–Kier alpha value is -0.940. The van der Waals surface area contributed by atoms with Crippen molar-refractivity contribution in [2.45, 2.75) is 77.8 Å². The zero-order valence-corrected chi connectivity index (χ0v) is 15.7. The smallest absolute Gasteiger partial charge is 0.155 e. The lowest BCUT2D eigenvalue weighted by Crippen LogP contribution is -2.56. The molecule has 0 N–H and O–H groups in total. The Morgan fingerprint density at radius 3 is 1.58 bits per heavy atom. The van der Waals surface area contributed by atoms with Gasteiger partial charge < -0.3 is 0 Å². The van der Waals surface area contributed by atoms with Crippen LogP contribution in [-0.2, 0) is 30.8 Å². The average molecular weight is 334 g/mol. The molecule has 3 rings (SSSR count). The molecular formula is C20H30O4. The molecule has 1 aromatic rings. The molecule has 6 atom stereocenters. The largest absolute Gasteiger partial charge is 0.229 e. The fourth-order valence-electron chi connectivity index (χ4n) is 3.76. The van der Waals surface area contributed by atoms with Crippen molar-refractivity contribution in [1.82, 2.24) is 0 Å². The molecular weight excluding hydrogens is 304 g/mol. The minimum atomic E-state index is -0.404. The summed E-state index contributed by atoms with van der Waals surface area (Å²) in [6.45, 7) is 13.0. The van der Waals surface area contributed by atoms with Crippen LogP contribution < -0.4 is 0 Å². The van der Waals surface area contributed by atoms with Gasteiger partial charge in [0.1, 0.15) is 12.2 Å². The van der Waals surface area contributed by atoms with E-state index in [-0.39, 0.29) is 12.2 Å². The molecule has 1 aromatic carbocycles. The summed E-state index contributed by atoms with van der Waals surface area (Å²) < 4.78 is 0. The van der Waals surface area contributed by atoms with Crippen LogP contribution in [0.1, 0.15) is 65.5 Å². The molecule has 24 heavy (non-hydrogen) atoms. The Morgan fingerprint density at radius 1 is 0.875 bits per heavy atom. The van der Waals surface area contributed by atoms with Crippen LogP contribution >= 0.6 is 0 Å². The van der Waals surface area contributed by atoms with Gasteiger partial charge in [0.05, 0.1) is 0 Å². The van der Waals surface area contributed by atoms with E-state index in [9.17, 15) is 0 Å². The van der Waals surface area contributed by atoms with Crippen molar-refractivity contribution in [3.05, 3.63) is 35.4 Å². The second kappa shape index (κ2) is 6.41. The van der Waals surface area contributed by atoms with Crippen molar-refractivity contribution >= 4 is 0 Å². The van der Waals surface area contributed by atoms with Gasteiger partial charge in [-0.2, -0.15) is 0 Å². The van der Waals surface area contributed by atoms with Crippen molar-refractivity contribution in [3.63, 3.8) is 0 Å². The van der Waals surface area contributed by atoms with Gasteiger partial charge in [0.2, 0.25) is 0 Å². The zero-order chi connectivity index (χ0) is 17.5. The molecule has 0 spiro atoms. The molecule has 0 amide bonds. The standard InChI is InChI=1S/C20H30O4/c1-7-13(3)17-19(5,23-21-17)15-10-9-11-16(12-15)20(6)18(22-24-20)14(4)8-2/h9-14,17-18H,7-8H2,1-6H3. The molecule has 2 saturated heterocycles. The topological polar surface area (TPSA) is 36.9 Å². The first kappa shape index (κ1) is 17.9. The maximum Gasteiger partial charge on any atom is 0.155 e. The third-order valence-electron chi connectivity index (χ3n) is 6.07. The highest BCUT2D eigenvalue weighted by atomic mass is 17.3. The van der Waals surface area contributed by atoms with Gasteiger partial charge in [0, 0.05) is 0 Å². The molecule has 0 radical (unpaired) electrons. The summed E-state index contributed by atoms with van der Waals surface area (Å²) in [5, 5.41) is 0. The minimum Gasteiger partial charge on any atom is -0.229 e. The van der Waals surface area contributed by atoms with Crippen LogP contribution in [0.4, 0.5) is 0 Å². The first-order valence-corrected chi connectivity index (χ1v) is 9.16. The molecule has 4 heteroatoms. The highest BCUT2D eigenvalue weighted by Gasteiger charge is 2.54. The monoisotopic (exact) mass is 334 g/mol. The summed E-state index contributed by atoms with van der Waals surface area (Å²) in [5.74, 6) is 0.887. The molecule has 2 aliphatic rings. The molecule has 0 aromatic heterocycles. The Balaban J connectivity index is 1.88. The van der Waals surface area contributed by atoms with E-state index in [0.717, 1.165) is 24.0 Å². The maximum atomic E-state index is 5.58. The van der Waals surface area contributed by atoms with Crippen molar-refractivity contribution in [2.24, 2.45) is 11.8 Å². The quantitative estimate of drug-likeness (QED) is 0.696. The molecule has 2 fully saturated rings. The third kappa shape index (κ3) is 2.60. The maximum absolute atomic E-state index is 5.58. The Bertz CT molecular complexity index is 542. The van der Waals surface area contributed by atoms with E-state index in [0.29, 0.717) is 11.8 Å². The Labute approximate surface area is 145 Å². The van der Waals surface area contributed by atoms with Crippen LogP contribution in [0.25, 0.3) is 0 Å². The van der Waals surface area contributed by atoms with Gasteiger partial charge in [-0.05, 0) is 42.9 Å². The summed E-state index contributed by atoms with van der Waals surface area (Å²) in [6.07, 6.45) is 2.28. The normalized spacial score (nSPS) is 38.1. The van der Waals surface area contributed by atoms with Crippen LogP contribution in [0.15, 0.2) is 24.3 Å². The number of hydrogen-bond acceptors (Lipinski definition) is 4. The zero-order valence-electron chi connectivity index (χ0n) is 15.7. The second-order valence-electron chi connectivity index (χ2n) is 7.77. The van der Waals surface area contributed by atoms with E-state index in [2.05, 4.69) is 65.8 Å². The van der Waals surface area contributed by atoms with Crippen molar-refractivity contribution in [2.75, 3.05) is 0 Å². The van der Waals surface area contributed by atoms with E-state index in [1.807, 2.05) is 0 Å². The molecule has 0 aliphatic carbocycles. The average Bonchev–Trinajstić information content (AvgIpc) is 2.58. The van der Waals surface area contributed by atoms with Gasteiger partial charge in [-0.1, -0.05) is 58.7 Å². The predicted molar refractivity (Wildman–Crippen MR) is 92.0 cm³/mol. The first-order valence-electron chi connectivity index (χ1n) is 9.16. The van der Waals surface area contributed by atoms with Gasteiger partial charge >= 0.3 is 0 Å². The van der Waals surface area contributed by atoms with E-state index in [4.69, 9.17) is 19.6 Å². The summed E-state index contributed by atoms with van der Waals surface area (Å²) >= 11 is 0. The Kier molecular flexibility index (Phi) is 4.77. The molecule has 134 valence electrons. The molecule has 2 aliphatic heterocycles. The van der Waals surface area contributed by atoms with Crippen molar-refractivity contribution < 1.29 is 19.6 Å². The SMILES string of the molecule is CCC(C)C1OOC1(C)c1cccc(C2(C)OOC2C(C)CC)c1. The van der Waals surface area contributed by atoms with Crippen molar-refractivity contribution in [1.29, 1.82) is 0 Å². The van der Waals surface area contributed by atoms with Crippen LogP contribution in [0.2, 0.25) is 0 Å². The second-order valence-corrected chi connectivity index (χ2v) is 7.77. The van der Waals surface area contributed by atoms with Crippen LogP contribution in [0, 0.1) is 11.8 Å². The number of hydrogen-bond donors (Lipinski definition) is 0. The minimum absolute atomic E-state index is 0.0782. The Morgan fingerprint density at radius 2 is 1.29 bits per heavy atom. The van der Waals surface area contributed by atoms with Gasteiger partial charge in [0.25, 0.3) is 0 Å². The fraction of sp³-hybridized carbons (Fsp3) is 0.700. The number of benzene rings is 1. The van der Waals surface area contributed by atoms with Crippen LogP contribution in [0.3, 0.4) is 0 Å². The van der Waals surface area contributed by atoms with E-state index in [1.54, 1.807) is 0 Å².